The lowest BCUT2D eigenvalue weighted by atomic mass is 10.1. The molecule has 0 fully saturated rings. The number of carbonyl (C=O) groups is 1. The van der Waals surface area contributed by atoms with Gasteiger partial charge in [-0.15, -0.1) is 0 Å². The Morgan fingerprint density at radius 3 is 2.52 bits per heavy atom. The lowest BCUT2D eigenvalue weighted by Gasteiger charge is -2.13. The summed E-state index contributed by atoms with van der Waals surface area (Å²) in [5, 5.41) is 13.7. The number of aryl methyl sites for hydroxylation is 2. The van der Waals surface area contributed by atoms with Gasteiger partial charge < -0.3 is 14.6 Å². The van der Waals surface area contributed by atoms with E-state index in [-0.39, 0.29) is 6.61 Å². The number of fused-ring (bicyclic) bond motifs is 1. The van der Waals surface area contributed by atoms with Gasteiger partial charge in [-0.1, -0.05) is 48.5 Å². The van der Waals surface area contributed by atoms with Gasteiger partial charge in [0.15, 0.2) is 0 Å². The number of pyridine rings is 1. The first-order valence-electron chi connectivity index (χ1n) is 10.2. The Labute approximate surface area is 180 Å². The fourth-order valence-corrected chi connectivity index (χ4v) is 3.56. The molecule has 0 unspecified atom stereocenters. The molecular formula is C25H22N4O2. The molecule has 0 saturated heterocycles. The van der Waals surface area contributed by atoms with Crippen LogP contribution in [0.5, 0.6) is 0 Å². The van der Waals surface area contributed by atoms with Crippen molar-refractivity contribution in [1.29, 1.82) is 5.26 Å². The van der Waals surface area contributed by atoms with E-state index in [1.807, 2.05) is 53.1 Å². The Bertz CT molecular complexity index is 1240. The number of nitrogens with one attached hydrogen (secondary N) is 1. The molecule has 4 rings (SSSR count). The van der Waals surface area contributed by atoms with E-state index in [0.717, 1.165) is 12.1 Å². The summed E-state index contributed by atoms with van der Waals surface area (Å²) in [4.78, 5) is 17.2. The number of aromatic nitrogens is 2. The summed E-state index contributed by atoms with van der Waals surface area (Å²) in [6.07, 6.45) is 4.12. The Hall–Kier alpha value is -4.11. The third kappa shape index (κ3) is 4.26. The van der Waals surface area contributed by atoms with Crippen molar-refractivity contribution in [3.05, 3.63) is 89.7 Å². The van der Waals surface area contributed by atoms with Gasteiger partial charge in [0.2, 0.25) is 0 Å². The number of benzene rings is 2. The van der Waals surface area contributed by atoms with Gasteiger partial charge in [0.25, 0.3) is 0 Å². The Kier molecular flexibility index (Phi) is 5.95. The fraction of sp³-hybridized carbons (Fsp3) is 0.160. The third-order valence-electron chi connectivity index (χ3n) is 5.03. The van der Waals surface area contributed by atoms with Gasteiger partial charge in [0.05, 0.1) is 23.2 Å². The summed E-state index contributed by atoms with van der Waals surface area (Å²) < 4.78 is 7.20. The molecule has 0 aliphatic heterocycles. The highest BCUT2D eigenvalue weighted by Gasteiger charge is 2.22. The van der Waals surface area contributed by atoms with E-state index in [4.69, 9.17) is 4.74 Å². The molecule has 0 amide bonds. The molecule has 1 N–H and O–H groups in total. The average molecular weight is 410 g/mol. The zero-order chi connectivity index (χ0) is 21.6. The van der Waals surface area contributed by atoms with Crippen LogP contribution in [0.15, 0.2) is 73.1 Å². The number of para-hydroxylation sites is 1. The highest BCUT2D eigenvalue weighted by atomic mass is 16.5. The molecule has 0 radical (unpaired) electrons. The van der Waals surface area contributed by atoms with Gasteiger partial charge in [-0.3, -0.25) is 0 Å². The van der Waals surface area contributed by atoms with E-state index in [2.05, 4.69) is 28.5 Å². The molecule has 6 nitrogen and oxygen atoms in total. The maximum absolute atomic E-state index is 12.6. The number of nitrogens with zero attached hydrogens (tertiary/aromatic N) is 3. The van der Waals surface area contributed by atoms with Gasteiger partial charge in [-0.25, -0.2) is 9.78 Å². The Morgan fingerprint density at radius 1 is 1.13 bits per heavy atom. The number of anilines is 2. The standard InChI is InChI=1S/C25H22N4O2/c1-2-31-25(30)21-16-27-24-22(23(21)28-20-11-7-4-8-12-20)19(15-26)17-29(24)14-13-18-9-5-3-6-10-18/h3-12,16-17H,2,13-14H2,1H3,(H,27,28). The van der Waals surface area contributed by atoms with Crippen molar-refractivity contribution in [2.24, 2.45) is 0 Å². The summed E-state index contributed by atoms with van der Waals surface area (Å²) in [6, 6.07) is 21.9. The second-order valence-corrected chi connectivity index (χ2v) is 7.04. The quantitative estimate of drug-likeness (QED) is 0.430. The summed E-state index contributed by atoms with van der Waals surface area (Å²) in [5.41, 5.74) is 3.95. The van der Waals surface area contributed by atoms with Gasteiger partial charge in [-0.05, 0) is 31.0 Å². The number of carbonyl (C=O) groups excluding carboxylic acids is 1. The molecule has 0 spiro atoms. The van der Waals surface area contributed by atoms with Gasteiger partial charge in [-0.2, -0.15) is 5.26 Å². The highest BCUT2D eigenvalue weighted by molar-refractivity contribution is 6.07. The molecule has 4 aromatic rings. The van der Waals surface area contributed by atoms with Crippen molar-refractivity contribution in [1.82, 2.24) is 9.55 Å². The summed E-state index contributed by atoms with van der Waals surface area (Å²) >= 11 is 0. The first-order chi connectivity index (χ1) is 15.2. The van der Waals surface area contributed by atoms with E-state index in [0.29, 0.717) is 34.4 Å². The number of esters is 1. The highest BCUT2D eigenvalue weighted by Crippen LogP contribution is 2.33. The molecule has 0 aliphatic carbocycles. The summed E-state index contributed by atoms with van der Waals surface area (Å²) in [5.74, 6) is -0.476. The number of nitriles is 1. The maximum Gasteiger partial charge on any atom is 0.341 e. The topological polar surface area (TPSA) is 79.9 Å². The van der Waals surface area contributed by atoms with Crippen LogP contribution in [0.1, 0.15) is 28.4 Å². The molecule has 6 heteroatoms. The SMILES string of the molecule is CCOC(=O)c1cnc2c(c(C#N)cn2CCc2ccccc2)c1Nc1ccccc1. The van der Waals surface area contributed by atoms with Crippen molar-refractivity contribution >= 4 is 28.4 Å². The minimum Gasteiger partial charge on any atom is -0.462 e. The molecule has 0 saturated carbocycles. The van der Waals surface area contributed by atoms with Crippen LogP contribution < -0.4 is 5.32 Å². The van der Waals surface area contributed by atoms with E-state index in [1.165, 1.54) is 11.8 Å². The van der Waals surface area contributed by atoms with E-state index < -0.39 is 5.97 Å². The minimum absolute atomic E-state index is 0.255. The molecule has 0 atom stereocenters. The molecule has 31 heavy (non-hydrogen) atoms. The van der Waals surface area contributed by atoms with Crippen LogP contribution in [0.3, 0.4) is 0 Å². The second kappa shape index (κ2) is 9.14. The van der Waals surface area contributed by atoms with E-state index in [9.17, 15) is 10.1 Å². The number of rotatable bonds is 7. The first-order valence-corrected chi connectivity index (χ1v) is 10.2. The predicted molar refractivity (Wildman–Crippen MR) is 120 cm³/mol. The normalized spacial score (nSPS) is 10.6. The zero-order valence-corrected chi connectivity index (χ0v) is 17.2. The second-order valence-electron chi connectivity index (χ2n) is 7.04. The Balaban J connectivity index is 1.82. The molecule has 2 aromatic carbocycles. The number of ether oxygens (including phenoxy) is 1. The van der Waals surface area contributed by atoms with Gasteiger partial charge in [0.1, 0.15) is 17.3 Å². The largest absolute Gasteiger partial charge is 0.462 e. The van der Waals surface area contributed by atoms with Crippen LogP contribution in [0.4, 0.5) is 11.4 Å². The fourth-order valence-electron chi connectivity index (χ4n) is 3.56. The third-order valence-corrected chi connectivity index (χ3v) is 5.03. The number of hydrogen-bond donors (Lipinski definition) is 1. The van der Waals surface area contributed by atoms with Crippen LogP contribution in [-0.2, 0) is 17.7 Å². The zero-order valence-electron chi connectivity index (χ0n) is 17.2. The summed E-state index contributed by atoms with van der Waals surface area (Å²) in [6.45, 7) is 2.68. The van der Waals surface area contributed by atoms with Crippen LogP contribution >= 0.6 is 0 Å². The molecular weight excluding hydrogens is 388 g/mol. The van der Waals surface area contributed by atoms with Crippen molar-refractivity contribution in [3.63, 3.8) is 0 Å². The lowest BCUT2D eigenvalue weighted by Crippen LogP contribution is -2.10. The molecule has 0 aliphatic rings. The monoisotopic (exact) mass is 410 g/mol. The number of hydrogen-bond acceptors (Lipinski definition) is 5. The maximum atomic E-state index is 12.6. The van der Waals surface area contributed by atoms with Crippen molar-refractivity contribution in [2.45, 2.75) is 19.9 Å². The van der Waals surface area contributed by atoms with Gasteiger partial charge in [0, 0.05) is 24.6 Å². The van der Waals surface area contributed by atoms with Crippen LogP contribution in [-0.4, -0.2) is 22.1 Å². The predicted octanol–water partition coefficient (Wildman–Crippen LogP) is 5.07. The lowest BCUT2D eigenvalue weighted by molar-refractivity contribution is 0.0527. The molecule has 154 valence electrons. The van der Waals surface area contributed by atoms with E-state index in [1.54, 1.807) is 13.1 Å². The smallest absolute Gasteiger partial charge is 0.341 e. The van der Waals surface area contributed by atoms with E-state index >= 15 is 0 Å². The average Bonchev–Trinajstić information content (AvgIpc) is 3.17. The van der Waals surface area contributed by atoms with Crippen LogP contribution in [0.2, 0.25) is 0 Å². The summed E-state index contributed by atoms with van der Waals surface area (Å²) in [7, 11) is 0. The molecule has 2 heterocycles. The van der Waals surface area contributed by atoms with Crippen LogP contribution in [0.25, 0.3) is 11.0 Å². The molecule has 0 bridgehead atoms. The van der Waals surface area contributed by atoms with Crippen LogP contribution in [0, 0.1) is 11.3 Å². The Morgan fingerprint density at radius 2 is 1.84 bits per heavy atom. The van der Waals surface area contributed by atoms with Crippen molar-refractivity contribution in [2.75, 3.05) is 11.9 Å². The van der Waals surface area contributed by atoms with Crippen molar-refractivity contribution < 1.29 is 9.53 Å². The van der Waals surface area contributed by atoms with Crippen molar-refractivity contribution in [3.8, 4) is 6.07 Å². The van der Waals surface area contributed by atoms with Gasteiger partial charge >= 0.3 is 5.97 Å². The minimum atomic E-state index is -0.476. The first kappa shape index (κ1) is 20.2. The molecule has 2 aromatic heterocycles.